The molecular formula is C26H25N3O3. The van der Waals surface area contributed by atoms with Crippen molar-refractivity contribution in [2.75, 3.05) is 12.4 Å². The smallest absolute Gasteiger partial charge is 0.255 e. The molecule has 2 aromatic carbocycles. The molecule has 0 radical (unpaired) electrons. The zero-order chi connectivity index (χ0) is 22.7. The van der Waals surface area contributed by atoms with E-state index in [4.69, 9.17) is 9.73 Å². The first-order valence-corrected chi connectivity index (χ1v) is 10.5. The van der Waals surface area contributed by atoms with Gasteiger partial charge in [0, 0.05) is 34.8 Å². The van der Waals surface area contributed by atoms with E-state index in [2.05, 4.69) is 24.1 Å². The van der Waals surface area contributed by atoms with E-state index in [0.29, 0.717) is 16.8 Å². The minimum Gasteiger partial charge on any atom is -0.497 e. The van der Waals surface area contributed by atoms with Gasteiger partial charge in [-0.2, -0.15) is 0 Å². The molecule has 1 aliphatic heterocycles. The van der Waals surface area contributed by atoms with Crippen molar-refractivity contribution in [3.05, 3.63) is 89.2 Å². The first-order chi connectivity index (χ1) is 15.3. The highest BCUT2D eigenvalue weighted by atomic mass is 16.5. The van der Waals surface area contributed by atoms with Crippen LogP contribution < -0.4 is 10.1 Å². The van der Waals surface area contributed by atoms with Crippen LogP contribution in [0, 0.1) is 0 Å². The van der Waals surface area contributed by atoms with Gasteiger partial charge >= 0.3 is 0 Å². The number of carbonyl (C=O) groups excluding carboxylic acids is 2. The molecule has 6 heteroatoms. The summed E-state index contributed by atoms with van der Waals surface area (Å²) in [7, 11) is 1.62. The van der Waals surface area contributed by atoms with E-state index < -0.39 is 0 Å². The Morgan fingerprint density at radius 2 is 1.78 bits per heavy atom. The van der Waals surface area contributed by atoms with Gasteiger partial charge in [-0.1, -0.05) is 18.2 Å². The molecule has 0 atom stereocenters. The highest BCUT2D eigenvalue weighted by molar-refractivity contribution is 6.17. The van der Waals surface area contributed by atoms with Crippen LogP contribution >= 0.6 is 0 Å². The number of nitrogens with one attached hydrogen (secondary N) is 1. The molecule has 32 heavy (non-hydrogen) atoms. The number of hydrogen-bond acceptors (Lipinski definition) is 5. The van der Waals surface area contributed by atoms with Crippen molar-refractivity contribution in [3.8, 4) is 5.75 Å². The zero-order valence-corrected chi connectivity index (χ0v) is 18.4. The number of carbonyl (C=O) groups is 2. The van der Waals surface area contributed by atoms with Crippen LogP contribution in [0.1, 0.15) is 52.1 Å². The van der Waals surface area contributed by atoms with Crippen LogP contribution in [-0.4, -0.2) is 35.0 Å². The average molecular weight is 428 g/mol. The Balaban J connectivity index is 1.57. The van der Waals surface area contributed by atoms with Gasteiger partial charge in [-0.05, 0) is 62.2 Å². The number of benzene rings is 2. The SMILES string of the molecule is COc1ccc2c(c1)C(CC(=O)c1cccc(C(=O)Nc3ccncc3)c1)=NC(C)(C)C2. The van der Waals surface area contributed by atoms with Gasteiger partial charge < -0.3 is 10.1 Å². The number of aromatic nitrogens is 1. The van der Waals surface area contributed by atoms with Gasteiger partial charge in [0.1, 0.15) is 5.75 Å². The van der Waals surface area contributed by atoms with Crippen LogP contribution in [0.3, 0.4) is 0 Å². The van der Waals surface area contributed by atoms with Crippen molar-refractivity contribution in [2.24, 2.45) is 4.99 Å². The summed E-state index contributed by atoms with van der Waals surface area (Å²) in [5.74, 6) is 0.365. The number of anilines is 1. The van der Waals surface area contributed by atoms with Crippen LogP contribution in [0.15, 0.2) is 72.0 Å². The molecule has 1 aromatic heterocycles. The molecule has 1 N–H and O–H groups in total. The molecule has 0 aliphatic carbocycles. The number of hydrogen-bond donors (Lipinski definition) is 1. The number of ketones is 1. The summed E-state index contributed by atoms with van der Waals surface area (Å²) < 4.78 is 5.37. The van der Waals surface area contributed by atoms with Crippen LogP contribution in [0.2, 0.25) is 0 Å². The number of ether oxygens (including phenoxy) is 1. The van der Waals surface area contributed by atoms with Crippen molar-refractivity contribution < 1.29 is 14.3 Å². The molecule has 162 valence electrons. The lowest BCUT2D eigenvalue weighted by molar-refractivity contribution is 0.100. The number of amides is 1. The van der Waals surface area contributed by atoms with E-state index in [0.717, 1.165) is 29.0 Å². The molecule has 0 bridgehead atoms. The summed E-state index contributed by atoms with van der Waals surface area (Å²) >= 11 is 0. The van der Waals surface area contributed by atoms with Crippen molar-refractivity contribution in [1.82, 2.24) is 4.98 Å². The van der Waals surface area contributed by atoms with Crippen LogP contribution in [0.5, 0.6) is 5.75 Å². The van der Waals surface area contributed by atoms with Crippen LogP contribution in [0.4, 0.5) is 5.69 Å². The summed E-state index contributed by atoms with van der Waals surface area (Å²) in [5.41, 5.74) is 4.09. The normalized spacial score (nSPS) is 14.2. The molecule has 0 saturated heterocycles. The number of nitrogens with zero attached hydrogens (tertiary/aromatic N) is 2. The molecule has 1 aliphatic rings. The highest BCUT2D eigenvalue weighted by Crippen LogP contribution is 2.31. The van der Waals surface area contributed by atoms with E-state index in [-0.39, 0.29) is 23.7 Å². The first kappa shape index (κ1) is 21.4. The van der Waals surface area contributed by atoms with E-state index in [9.17, 15) is 9.59 Å². The maximum absolute atomic E-state index is 13.2. The number of pyridine rings is 1. The largest absolute Gasteiger partial charge is 0.497 e. The standard InChI is InChI=1S/C26H25N3O3/c1-26(2)16-19-7-8-21(32-3)14-22(19)23(29-26)15-24(30)17-5-4-6-18(13-17)25(31)28-20-9-11-27-12-10-20/h4-14H,15-16H2,1-3H3,(H,27,28,31). The molecule has 0 fully saturated rings. The number of fused-ring (bicyclic) bond motifs is 1. The zero-order valence-electron chi connectivity index (χ0n) is 18.4. The Morgan fingerprint density at radius 3 is 2.53 bits per heavy atom. The molecule has 4 rings (SSSR count). The predicted molar refractivity (Wildman–Crippen MR) is 125 cm³/mol. The molecule has 0 saturated carbocycles. The molecule has 1 amide bonds. The summed E-state index contributed by atoms with van der Waals surface area (Å²) in [4.78, 5) is 34.6. The minimum absolute atomic E-state index is 0.0891. The quantitative estimate of drug-likeness (QED) is 0.576. The second-order valence-electron chi connectivity index (χ2n) is 8.44. The van der Waals surface area contributed by atoms with Crippen molar-refractivity contribution in [2.45, 2.75) is 32.2 Å². The fourth-order valence-electron chi connectivity index (χ4n) is 3.90. The van der Waals surface area contributed by atoms with E-state index in [1.54, 1.807) is 55.9 Å². The summed E-state index contributed by atoms with van der Waals surface area (Å²) in [6, 6.07) is 16.1. The van der Waals surface area contributed by atoms with Gasteiger partial charge in [0.2, 0.25) is 0 Å². The van der Waals surface area contributed by atoms with Crippen LogP contribution in [-0.2, 0) is 6.42 Å². The number of aliphatic imine (C=N–C) groups is 1. The molecule has 2 heterocycles. The van der Waals surface area contributed by atoms with Crippen molar-refractivity contribution in [1.29, 1.82) is 0 Å². The topological polar surface area (TPSA) is 80.7 Å². The Bertz CT molecular complexity index is 1200. The van der Waals surface area contributed by atoms with Gasteiger partial charge in [0.15, 0.2) is 5.78 Å². The lowest BCUT2D eigenvalue weighted by atomic mass is 9.85. The minimum atomic E-state index is -0.288. The Hall–Kier alpha value is -3.80. The van der Waals surface area contributed by atoms with Gasteiger partial charge in [-0.15, -0.1) is 0 Å². The van der Waals surface area contributed by atoms with Crippen molar-refractivity contribution >= 4 is 23.1 Å². The van der Waals surface area contributed by atoms with Gasteiger partial charge in [0.25, 0.3) is 5.91 Å². The third kappa shape index (κ3) is 4.75. The average Bonchev–Trinajstić information content (AvgIpc) is 2.79. The van der Waals surface area contributed by atoms with Crippen LogP contribution in [0.25, 0.3) is 0 Å². The predicted octanol–water partition coefficient (Wildman–Crippen LogP) is 4.74. The highest BCUT2D eigenvalue weighted by Gasteiger charge is 2.28. The molecule has 0 spiro atoms. The molecule has 6 nitrogen and oxygen atoms in total. The third-order valence-electron chi connectivity index (χ3n) is 5.40. The Labute approximate surface area is 187 Å². The van der Waals surface area contributed by atoms with E-state index in [1.807, 2.05) is 18.2 Å². The van der Waals surface area contributed by atoms with E-state index in [1.165, 1.54) is 0 Å². The first-order valence-electron chi connectivity index (χ1n) is 10.5. The maximum Gasteiger partial charge on any atom is 0.255 e. The fourth-order valence-corrected chi connectivity index (χ4v) is 3.90. The Morgan fingerprint density at radius 1 is 1.03 bits per heavy atom. The second-order valence-corrected chi connectivity index (χ2v) is 8.44. The number of methoxy groups -OCH3 is 1. The van der Waals surface area contributed by atoms with Gasteiger partial charge in [-0.25, -0.2) is 0 Å². The lowest BCUT2D eigenvalue weighted by Crippen LogP contribution is -2.30. The second kappa shape index (κ2) is 8.75. The summed E-state index contributed by atoms with van der Waals surface area (Å²) in [6.07, 6.45) is 4.16. The molecular weight excluding hydrogens is 402 g/mol. The Kier molecular flexibility index (Phi) is 5.86. The van der Waals surface area contributed by atoms with Crippen molar-refractivity contribution in [3.63, 3.8) is 0 Å². The summed E-state index contributed by atoms with van der Waals surface area (Å²) in [5, 5.41) is 2.81. The monoisotopic (exact) mass is 427 g/mol. The fraction of sp³-hybridized carbons (Fsp3) is 0.231. The van der Waals surface area contributed by atoms with Gasteiger partial charge in [0.05, 0.1) is 24.8 Å². The molecule has 3 aromatic rings. The number of rotatable bonds is 6. The summed E-state index contributed by atoms with van der Waals surface area (Å²) in [6.45, 7) is 4.13. The third-order valence-corrected chi connectivity index (χ3v) is 5.40. The lowest BCUT2D eigenvalue weighted by Gasteiger charge is -2.29. The molecule has 0 unspecified atom stereocenters. The number of Topliss-reactive ketones (excluding diaryl/α,β-unsaturated/α-hetero) is 1. The maximum atomic E-state index is 13.2. The van der Waals surface area contributed by atoms with Gasteiger partial charge in [-0.3, -0.25) is 19.6 Å². The van der Waals surface area contributed by atoms with E-state index >= 15 is 0 Å².